The molecule has 2 aromatic rings. The number of rotatable bonds is 4. The molecule has 0 aliphatic carbocycles. The second kappa shape index (κ2) is 4.51. The van der Waals surface area contributed by atoms with Crippen molar-refractivity contribution in [2.24, 2.45) is 0 Å². The molecule has 0 aliphatic heterocycles. The second-order valence-electron chi connectivity index (χ2n) is 4.11. The van der Waals surface area contributed by atoms with Crippen LogP contribution < -0.4 is 5.32 Å². The molecule has 0 saturated carbocycles. The van der Waals surface area contributed by atoms with Gasteiger partial charge in [-0.05, 0) is 12.5 Å². The molecule has 4 nitrogen and oxygen atoms in total. The van der Waals surface area contributed by atoms with E-state index in [-0.39, 0.29) is 0 Å². The molecule has 16 heavy (non-hydrogen) atoms. The minimum atomic E-state index is 0.407. The summed E-state index contributed by atoms with van der Waals surface area (Å²) in [7, 11) is 1.89. The molecular weight excluding hydrogens is 200 g/mol. The SMILES string of the molecule is CCCC(C)c1nc(NC)c2cc[nH]c2n1. The van der Waals surface area contributed by atoms with Crippen molar-refractivity contribution in [3.63, 3.8) is 0 Å². The van der Waals surface area contributed by atoms with Gasteiger partial charge in [-0.1, -0.05) is 20.3 Å². The number of hydrogen-bond donors (Lipinski definition) is 2. The van der Waals surface area contributed by atoms with Crippen molar-refractivity contribution in [3.8, 4) is 0 Å². The molecule has 0 bridgehead atoms. The number of fused-ring (bicyclic) bond motifs is 1. The fourth-order valence-electron chi connectivity index (χ4n) is 1.93. The number of nitrogens with zero attached hydrogens (tertiary/aromatic N) is 2. The topological polar surface area (TPSA) is 53.6 Å². The summed E-state index contributed by atoms with van der Waals surface area (Å²) in [6, 6.07) is 2.00. The Morgan fingerprint density at radius 1 is 1.44 bits per heavy atom. The van der Waals surface area contributed by atoms with E-state index in [4.69, 9.17) is 0 Å². The predicted octanol–water partition coefficient (Wildman–Crippen LogP) is 2.90. The molecule has 0 amide bonds. The zero-order valence-electron chi connectivity index (χ0n) is 10.0. The normalized spacial score (nSPS) is 12.9. The fraction of sp³-hybridized carbons (Fsp3) is 0.500. The first-order valence-corrected chi connectivity index (χ1v) is 5.79. The van der Waals surface area contributed by atoms with E-state index in [1.165, 1.54) is 0 Å². The van der Waals surface area contributed by atoms with E-state index < -0.39 is 0 Å². The highest BCUT2D eigenvalue weighted by Gasteiger charge is 2.12. The Hall–Kier alpha value is -1.58. The molecule has 2 aromatic heterocycles. The average Bonchev–Trinajstić information content (AvgIpc) is 2.75. The van der Waals surface area contributed by atoms with Crippen LogP contribution in [0.5, 0.6) is 0 Å². The highest BCUT2D eigenvalue weighted by molar-refractivity contribution is 5.86. The lowest BCUT2D eigenvalue weighted by Gasteiger charge is -2.10. The van der Waals surface area contributed by atoms with E-state index in [1.54, 1.807) is 0 Å². The fourth-order valence-corrected chi connectivity index (χ4v) is 1.93. The van der Waals surface area contributed by atoms with Crippen molar-refractivity contribution in [2.75, 3.05) is 12.4 Å². The maximum absolute atomic E-state index is 4.57. The van der Waals surface area contributed by atoms with Gasteiger partial charge in [-0.2, -0.15) is 0 Å². The van der Waals surface area contributed by atoms with Gasteiger partial charge in [0.25, 0.3) is 0 Å². The van der Waals surface area contributed by atoms with Gasteiger partial charge in [0.1, 0.15) is 17.3 Å². The smallest absolute Gasteiger partial charge is 0.143 e. The van der Waals surface area contributed by atoms with Crippen LogP contribution in [0.25, 0.3) is 11.0 Å². The molecule has 86 valence electrons. The van der Waals surface area contributed by atoms with Gasteiger partial charge in [0.15, 0.2) is 0 Å². The molecule has 2 rings (SSSR count). The molecule has 4 heteroatoms. The van der Waals surface area contributed by atoms with Crippen LogP contribution in [0.4, 0.5) is 5.82 Å². The third-order valence-electron chi connectivity index (χ3n) is 2.83. The van der Waals surface area contributed by atoms with Gasteiger partial charge in [-0.3, -0.25) is 0 Å². The van der Waals surface area contributed by atoms with Crippen LogP contribution in [0, 0.1) is 0 Å². The van der Waals surface area contributed by atoms with Crippen LogP contribution in [0.3, 0.4) is 0 Å². The van der Waals surface area contributed by atoms with E-state index in [0.29, 0.717) is 5.92 Å². The Morgan fingerprint density at radius 2 is 2.25 bits per heavy atom. The first kappa shape index (κ1) is 10.9. The van der Waals surface area contributed by atoms with Crippen molar-refractivity contribution in [2.45, 2.75) is 32.6 Å². The molecule has 0 aliphatic rings. The maximum atomic E-state index is 4.57. The summed E-state index contributed by atoms with van der Waals surface area (Å²) < 4.78 is 0. The van der Waals surface area contributed by atoms with Gasteiger partial charge in [0, 0.05) is 19.2 Å². The molecule has 0 fully saturated rings. The summed E-state index contributed by atoms with van der Waals surface area (Å²) in [5.41, 5.74) is 0.914. The van der Waals surface area contributed by atoms with Gasteiger partial charge in [-0.25, -0.2) is 9.97 Å². The Morgan fingerprint density at radius 3 is 2.94 bits per heavy atom. The predicted molar refractivity (Wildman–Crippen MR) is 66.8 cm³/mol. The third-order valence-corrected chi connectivity index (χ3v) is 2.83. The summed E-state index contributed by atoms with van der Waals surface area (Å²) in [4.78, 5) is 12.3. The molecule has 0 aromatic carbocycles. The average molecular weight is 218 g/mol. The van der Waals surface area contributed by atoms with E-state index in [9.17, 15) is 0 Å². The monoisotopic (exact) mass is 218 g/mol. The van der Waals surface area contributed by atoms with Gasteiger partial charge in [0.05, 0.1) is 5.39 Å². The van der Waals surface area contributed by atoms with Crippen LogP contribution in [-0.4, -0.2) is 22.0 Å². The van der Waals surface area contributed by atoms with Crippen LogP contribution >= 0.6 is 0 Å². The van der Waals surface area contributed by atoms with Crippen LogP contribution in [0.1, 0.15) is 38.4 Å². The zero-order valence-corrected chi connectivity index (χ0v) is 10.0. The Bertz CT molecular complexity index is 475. The van der Waals surface area contributed by atoms with E-state index in [1.807, 2.05) is 19.3 Å². The Balaban J connectivity index is 2.46. The van der Waals surface area contributed by atoms with E-state index in [2.05, 4.69) is 34.1 Å². The van der Waals surface area contributed by atoms with Gasteiger partial charge in [-0.15, -0.1) is 0 Å². The van der Waals surface area contributed by atoms with E-state index >= 15 is 0 Å². The minimum Gasteiger partial charge on any atom is -0.372 e. The maximum Gasteiger partial charge on any atom is 0.143 e. The van der Waals surface area contributed by atoms with Crippen molar-refractivity contribution in [1.29, 1.82) is 0 Å². The van der Waals surface area contributed by atoms with E-state index in [0.717, 1.165) is 35.5 Å². The number of nitrogens with one attached hydrogen (secondary N) is 2. The molecule has 0 saturated heterocycles. The molecule has 2 heterocycles. The number of aromatic nitrogens is 3. The van der Waals surface area contributed by atoms with Crippen molar-refractivity contribution < 1.29 is 0 Å². The van der Waals surface area contributed by atoms with Crippen LogP contribution in [-0.2, 0) is 0 Å². The molecule has 0 radical (unpaired) electrons. The second-order valence-corrected chi connectivity index (χ2v) is 4.11. The zero-order chi connectivity index (χ0) is 11.5. The Kier molecular flexibility index (Phi) is 3.08. The van der Waals surface area contributed by atoms with Crippen molar-refractivity contribution >= 4 is 16.9 Å². The highest BCUT2D eigenvalue weighted by Crippen LogP contribution is 2.23. The molecule has 1 unspecified atom stereocenters. The molecule has 2 N–H and O–H groups in total. The number of H-pyrrole nitrogens is 1. The Labute approximate surface area is 95.5 Å². The van der Waals surface area contributed by atoms with Gasteiger partial charge in [0.2, 0.25) is 0 Å². The quantitative estimate of drug-likeness (QED) is 0.829. The van der Waals surface area contributed by atoms with Gasteiger partial charge >= 0.3 is 0 Å². The standard InChI is InChI=1S/C12H18N4/c1-4-5-8(2)10-15-11(13-3)9-6-7-14-12(9)16-10/h6-8H,4-5H2,1-3H3,(H2,13,14,15,16). The summed E-state index contributed by atoms with van der Waals surface area (Å²) in [5.74, 6) is 2.23. The first-order chi connectivity index (χ1) is 7.76. The minimum absolute atomic E-state index is 0.407. The van der Waals surface area contributed by atoms with Crippen LogP contribution in [0.2, 0.25) is 0 Å². The summed E-state index contributed by atoms with van der Waals surface area (Å²) in [6.45, 7) is 4.36. The third kappa shape index (κ3) is 1.87. The lowest BCUT2D eigenvalue weighted by Crippen LogP contribution is -2.04. The summed E-state index contributed by atoms with van der Waals surface area (Å²) in [6.07, 6.45) is 4.17. The number of aromatic amines is 1. The summed E-state index contributed by atoms with van der Waals surface area (Å²) in [5, 5.41) is 4.17. The highest BCUT2D eigenvalue weighted by atomic mass is 15.0. The lowest BCUT2D eigenvalue weighted by molar-refractivity contribution is 0.630. The largest absolute Gasteiger partial charge is 0.372 e. The first-order valence-electron chi connectivity index (χ1n) is 5.79. The molecule has 0 spiro atoms. The van der Waals surface area contributed by atoms with Crippen molar-refractivity contribution in [3.05, 3.63) is 18.1 Å². The number of hydrogen-bond acceptors (Lipinski definition) is 3. The number of anilines is 1. The van der Waals surface area contributed by atoms with Gasteiger partial charge < -0.3 is 10.3 Å². The molecule has 1 atom stereocenters. The molecular formula is C12H18N4. The lowest BCUT2D eigenvalue weighted by atomic mass is 10.1. The van der Waals surface area contributed by atoms with Crippen molar-refractivity contribution in [1.82, 2.24) is 15.0 Å². The summed E-state index contributed by atoms with van der Waals surface area (Å²) >= 11 is 0. The van der Waals surface area contributed by atoms with Crippen LogP contribution in [0.15, 0.2) is 12.3 Å².